The molecule has 2 aromatic heterocycles. The first-order valence-corrected chi connectivity index (χ1v) is 9.75. The first-order chi connectivity index (χ1) is 12.5. The summed E-state index contributed by atoms with van der Waals surface area (Å²) in [6.07, 6.45) is 7.44. The number of rotatable bonds is 4. The second-order valence-electron chi connectivity index (χ2n) is 7.59. The molecule has 0 N–H and O–H groups in total. The Balaban J connectivity index is 1.91. The lowest BCUT2D eigenvalue weighted by atomic mass is 9.95. The van der Waals surface area contributed by atoms with Gasteiger partial charge in [-0.05, 0) is 56.7 Å². The topological polar surface area (TPSA) is 33.4 Å². The van der Waals surface area contributed by atoms with E-state index in [-0.39, 0.29) is 0 Å². The third-order valence-electron chi connectivity index (χ3n) is 5.80. The Morgan fingerprint density at radius 2 is 1.73 bits per heavy atom. The predicted octanol–water partition coefficient (Wildman–Crippen LogP) is 4.87. The molecule has 136 valence electrons. The van der Waals surface area contributed by atoms with Crippen LogP contribution in [0, 0.1) is 20.8 Å². The average molecular weight is 348 g/mol. The monoisotopic (exact) mass is 348 g/mol. The third kappa shape index (κ3) is 2.51. The van der Waals surface area contributed by atoms with Crippen molar-refractivity contribution in [2.24, 2.45) is 0 Å². The Morgan fingerprint density at radius 3 is 2.38 bits per heavy atom. The highest BCUT2D eigenvalue weighted by Gasteiger charge is 2.28. The molecule has 0 spiro atoms. The Labute approximate surface area is 155 Å². The standard InChI is InChI=1S/C22H28N4/c1-6-18(7-2)25-9-8-17-12-23-21-19(13-24-26(21)22(17)25)20-15(4)10-14(3)11-16(20)5/h10-13,18H,6-9H2,1-5H3. The first kappa shape index (κ1) is 17.1. The maximum Gasteiger partial charge on any atom is 0.165 e. The zero-order chi connectivity index (χ0) is 18.4. The van der Waals surface area contributed by atoms with E-state index in [1.54, 1.807) is 0 Å². The van der Waals surface area contributed by atoms with Gasteiger partial charge in [-0.25, -0.2) is 4.98 Å². The second-order valence-corrected chi connectivity index (χ2v) is 7.59. The molecule has 0 aliphatic carbocycles. The predicted molar refractivity (Wildman–Crippen MR) is 108 cm³/mol. The molecular weight excluding hydrogens is 320 g/mol. The summed E-state index contributed by atoms with van der Waals surface area (Å²) in [5, 5.41) is 4.79. The molecule has 4 nitrogen and oxygen atoms in total. The lowest BCUT2D eigenvalue weighted by molar-refractivity contribution is 0.563. The van der Waals surface area contributed by atoms with Crippen molar-refractivity contribution in [2.45, 2.75) is 59.9 Å². The maximum atomic E-state index is 4.81. The van der Waals surface area contributed by atoms with E-state index in [2.05, 4.69) is 62.4 Å². The molecule has 0 unspecified atom stereocenters. The van der Waals surface area contributed by atoms with Gasteiger partial charge >= 0.3 is 0 Å². The van der Waals surface area contributed by atoms with Gasteiger partial charge in [-0.1, -0.05) is 31.5 Å². The van der Waals surface area contributed by atoms with E-state index >= 15 is 0 Å². The van der Waals surface area contributed by atoms with Crippen LogP contribution in [0.4, 0.5) is 5.82 Å². The summed E-state index contributed by atoms with van der Waals surface area (Å²) >= 11 is 0. The Morgan fingerprint density at radius 1 is 1.04 bits per heavy atom. The number of hydrogen-bond acceptors (Lipinski definition) is 3. The molecule has 4 rings (SSSR count). The summed E-state index contributed by atoms with van der Waals surface area (Å²) in [6.45, 7) is 12.1. The van der Waals surface area contributed by atoms with Gasteiger partial charge in [0.05, 0.1) is 6.20 Å². The molecule has 0 saturated heterocycles. The van der Waals surface area contributed by atoms with E-state index in [9.17, 15) is 0 Å². The number of aromatic nitrogens is 3. The summed E-state index contributed by atoms with van der Waals surface area (Å²) in [5.74, 6) is 1.25. The summed E-state index contributed by atoms with van der Waals surface area (Å²) in [7, 11) is 0. The molecule has 0 fully saturated rings. The summed E-state index contributed by atoms with van der Waals surface area (Å²) in [4.78, 5) is 7.35. The van der Waals surface area contributed by atoms with E-state index in [0.717, 1.165) is 37.0 Å². The lowest BCUT2D eigenvalue weighted by Crippen LogP contribution is -2.34. The van der Waals surface area contributed by atoms with Gasteiger partial charge in [-0.3, -0.25) is 0 Å². The molecule has 26 heavy (non-hydrogen) atoms. The van der Waals surface area contributed by atoms with Crippen molar-refractivity contribution < 1.29 is 0 Å². The largest absolute Gasteiger partial charge is 0.353 e. The molecule has 0 bridgehead atoms. The van der Waals surface area contributed by atoms with Crippen LogP contribution < -0.4 is 4.90 Å². The van der Waals surface area contributed by atoms with E-state index in [4.69, 9.17) is 10.1 Å². The van der Waals surface area contributed by atoms with E-state index < -0.39 is 0 Å². The minimum absolute atomic E-state index is 0.567. The van der Waals surface area contributed by atoms with Crippen LogP contribution >= 0.6 is 0 Å². The fourth-order valence-electron chi connectivity index (χ4n) is 4.65. The smallest absolute Gasteiger partial charge is 0.165 e. The normalized spacial score (nSPS) is 13.8. The van der Waals surface area contributed by atoms with Gasteiger partial charge in [0.15, 0.2) is 5.65 Å². The maximum absolute atomic E-state index is 4.81. The second kappa shape index (κ2) is 6.42. The van der Waals surface area contributed by atoms with Gasteiger partial charge in [0.2, 0.25) is 0 Å². The van der Waals surface area contributed by atoms with E-state index in [1.165, 1.54) is 33.6 Å². The fraction of sp³-hybridized carbons (Fsp3) is 0.455. The van der Waals surface area contributed by atoms with Gasteiger partial charge in [0.25, 0.3) is 0 Å². The number of fused-ring (bicyclic) bond motifs is 3. The van der Waals surface area contributed by atoms with Crippen LogP contribution in [-0.2, 0) is 6.42 Å². The average Bonchev–Trinajstić information content (AvgIpc) is 3.20. The van der Waals surface area contributed by atoms with Crippen LogP contribution in [0.2, 0.25) is 0 Å². The van der Waals surface area contributed by atoms with Crippen molar-refractivity contribution in [1.82, 2.24) is 14.6 Å². The number of hydrogen-bond donors (Lipinski definition) is 0. The summed E-state index contributed by atoms with van der Waals surface area (Å²) in [6, 6.07) is 5.06. The highest BCUT2D eigenvalue weighted by atomic mass is 15.4. The number of anilines is 1. The van der Waals surface area contributed by atoms with Crippen LogP contribution in [-0.4, -0.2) is 27.2 Å². The molecule has 1 aliphatic heterocycles. The SMILES string of the molecule is CCC(CC)N1CCc2cnc3c(-c4c(C)cc(C)cc4C)cnn3c21. The summed E-state index contributed by atoms with van der Waals surface area (Å²) in [5.41, 5.74) is 8.57. The van der Waals surface area contributed by atoms with Crippen molar-refractivity contribution in [3.05, 3.63) is 46.8 Å². The molecule has 4 heteroatoms. The number of benzene rings is 1. The van der Waals surface area contributed by atoms with Crippen molar-refractivity contribution in [3.8, 4) is 11.1 Å². The van der Waals surface area contributed by atoms with Gasteiger partial charge < -0.3 is 4.90 Å². The Hall–Kier alpha value is -2.36. The zero-order valence-electron chi connectivity index (χ0n) is 16.5. The zero-order valence-corrected chi connectivity index (χ0v) is 16.5. The van der Waals surface area contributed by atoms with Crippen LogP contribution in [0.1, 0.15) is 48.9 Å². The van der Waals surface area contributed by atoms with Gasteiger partial charge in [-0.2, -0.15) is 9.61 Å². The quantitative estimate of drug-likeness (QED) is 0.674. The highest BCUT2D eigenvalue weighted by molar-refractivity contribution is 5.83. The van der Waals surface area contributed by atoms with E-state index in [0.29, 0.717) is 6.04 Å². The van der Waals surface area contributed by atoms with Crippen LogP contribution in [0.3, 0.4) is 0 Å². The van der Waals surface area contributed by atoms with Crippen molar-refractivity contribution in [1.29, 1.82) is 0 Å². The molecule has 3 aromatic rings. The Kier molecular flexibility index (Phi) is 4.22. The molecule has 1 aliphatic rings. The molecule has 0 atom stereocenters. The highest BCUT2D eigenvalue weighted by Crippen LogP contribution is 2.36. The van der Waals surface area contributed by atoms with Crippen molar-refractivity contribution in [2.75, 3.05) is 11.4 Å². The van der Waals surface area contributed by atoms with Crippen LogP contribution in [0.15, 0.2) is 24.5 Å². The number of nitrogens with zero attached hydrogens (tertiary/aromatic N) is 4. The molecule has 0 amide bonds. The van der Waals surface area contributed by atoms with Gasteiger partial charge in [0, 0.05) is 29.9 Å². The summed E-state index contributed by atoms with van der Waals surface area (Å²) < 4.78 is 2.08. The lowest BCUT2D eigenvalue weighted by Gasteiger charge is -2.28. The van der Waals surface area contributed by atoms with Gasteiger partial charge in [0.1, 0.15) is 5.82 Å². The minimum atomic E-state index is 0.567. The van der Waals surface area contributed by atoms with Crippen molar-refractivity contribution in [3.63, 3.8) is 0 Å². The molecule has 0 saturated carbocycles. The Bertz CT molecular complexity index is 943. The van der Waals surface area contributed by atoms with Crippen molar-refractivity contribution >= 4 is 11.5 Å². The van der Waals surface area contributed by atoms with Crippen LogP contribution in [0.5, 0.6) is 0 Å². The minimum Gasteiger partial charge on any atom is -0.353 e. The van der Waals surface area contributed by atoms with Crippen LogP contribution in [0.25, 0.3) is 16.8 Å². The molecule has 0 radical (unpaired) electrons. The first-order valence-electron chi connectivity index (χ1n) is 9.75. The fourth-order valence-corrected chi connectivity index (χ4v) is 4.65. The number of aryl methyl sites for hydroxylation is 3. The van der Waals surface area contributed by atoms with Gasteiger partial charge in [-0.15, -0.1) is 0 Å². The third-order valence-corrected chi connectivity index (χ3v) is 5.80. The van der Waals surface area contributed by atoms with E-state index in [1.807, 2.05) is 6.20 Å². The molecule has 3 heterocycles. The molecule has 1 aromatic carbocycles. The molecular formula is C22H28N4.